The predicted molar refractivity (Wildman–Crippen MR) is 113 cm³/mol. The van der Waals surface area contributed by atoms with Crippen molar-refractivity contribution >= 4 is 23.2 Å². The normalized spacial score (nSPS) is 13.0. The van der Waals surface area contributed by atoms with Crippen LogP contribution in [0.25, 0.3) is 11.1 Å². The van der Waals surface area contributed by atoms with E-state index in [9.17, 15) is 4.79 Å². The standard InChI is InChI=1S/C23H23ClN2O/c1-16(19-12-6-8-14-21(19)24)25-17(2)23(27)26-22-15-9-7-13-20(22)18-10-4-3-5-11-18/h3-17,25H,1-2H3,(H,26,27). The van der Waals surface area contributed by atoms with Crippen LogP contribution < -0.4 is 10.6 Å². The molecule has 2 unspecified atom stereocenters. The Morgan fingerprint density at radius 2 is 1.48 bits per heavy atom. The maximum absolute atomic E-state index is 12.7. The fourth-order valence-electron chi connectivity index (χ4n) is 3.07. The van der Waals surface area contributed by atoms with Crippen molar-refractivity contribution in [2.24, 2.45) is 0 Å². The molecule has 0 aliphatic heterocycles. The Labute approximate surface area is 165 Å². The van der Waals surface area contributed by atoms with Gasteiger partial charge in [-0.25, -0.2) is 0 Å². The first-order chi connectivity index (χ1) is 13.1. The second-order valence-corrected chi connectivity index (χ2v) is 6.94. The number of carbonyl (C=O) groups excluding carboxylic acids is 1. The van der Waals surface area contributed by atoms with Crippen LogP contribution in [0.3, 0.4) is 0 Å². The first kappa shape index (κ1) is 19.2. The quantitative estimate of drug-likeness (QED) is 0.579. The lowest BCUT2D eigenvalue weighted by atomic mass is 10.0. The molecule has 27 heavy (non-hydrogen) atoms. The summed E-state index contributed by atoms with van der Waals surface area (Å²) in [4.78, 5) is 12.7. The molecule has 0 heterocycles. The molecule has 0 radical (unpaired) electrons. The summed E-state index contributed by atoms with van der Waals surface area (Å²) in [5.41, 5.74) is 3.84. The van der Waals surface area contributed by atoms with Crippen LogP contribution in [0.1, 0.15) is 25.5 Å². The van der Waals surface area contributed by atoms with Gasteiger partial charge in [0.1, 0.15) is 0 Å². The average Bonchev–Trinajstić information content (AvgIpc) is 2.69. The van der Waals surface area contributed by atoms with Gasteiger partial charge in [-0.3, -0.25) is 10.1 Å². The molecule has 3 aromatic rings. The van der Waals surface area contributed by atoms with Gasteiger partial charge in [-0.2, -0.15) is 0 Å². The lowest BCUT2D eigenvalue weighted by Gasteiger charge is -2.21. The second kappa shape index (κ2) is 8.85. The van der Waals surface area contributed by atoms with E-state index in [0.29, 0.717) is 5.02 Å². The number of halogens is 1. The van der Waals surface area contributed by atoms with Crippen molar-refractivity contribution in [1.82, 2.24) is 5.32 Å². The number of carbonyl (C=O) groups is 1. The topological polar surface area (TPSA) is 41.1 Å². The van der Waals surface area contributed by atoms with Gasteiger partial charge in [0.15, 0.2) is 0 Å². The molecule has 4 heteroatoms. The first-order valence-electron chi connectivity index (χ1n) is 9.02. The Morgan fingerprint density at radius 3 is 2.22 bits per heavy atom. The molecule has 3 rings (SSSR count). The highest BCUT2D eigenvalue weighted by atomic mass is 35.5. The molecule has 3 nitrogen and oxygen atoms in total. The van der Waals surface area contributed by atoms with Crippen LogP contribution in [0.5, 0.6) is 0 Å². The second-order valence-electron chi connectivity index (χ2n) is 6.53. The number of hydrogen-bond acceptors (Lipinski definition) is 2. The smallest absolute Gasteiger partial charge is 0.241 e. The number of para-hydroxylation sites is 1. The molecule has 0 saturated carbocycles. The van der Waals surface area contributed by atoms with Gasteiger partial charge >= 0.3 is 0 Å². The molecule has 3 aromatic carbocycles. The van der Waals surface area contributed by atoms with E-state index in [1.807, 2.05) is 92.7 Å². The van der Waals surface area contributed by atoms with Crippen LogP contribution in [0.4, 0.5) is 5.69 Å². The summed E-state index contributed by atoms with van der Waals surface area (Å²) in [6.45, 7) is 3.86. The largest absolute Gasteiger partial charge is 0.324 e. The Bertz CT molecular complexity index is 911. The summed E-state index contributed by atoms with van der Waals surface area (Å²) in [5.74, 6) is -0.0858. The highest BCUT2D eigenvalue weighted by molar-refractivity contribution is 6.31. The SMILES string of the molecule is CC(NC(C)c1ccccc1Cl)C(=O)Nc1ccccc1-c1ccccc1. The maximum atomic E-state index is 12.7. The zero-order chi connectivity index (χ0) is 19.2. The summed E-state index contributed by atoms with van der Waals surface area (Å²) in [6, 6.07) is 25.1. The van der Waals surface area contributed by atoms with Crippen LogP contribution in [0.2, 0.25) is 5.02 Å². The van der Waals surface area contributed by atoms with Crippen LogP contribution in [-0.2, 0) is 4.79 Å². The van der Waals surface area contributed by atoms with E-state index in [1.165, 1.54) is 0 Å². The molecule has 2 atom stereocenters. The minimum atomic E-state index is -0.375. The van der Waals surface area contributed by atoms with Gasteiger partial charge in [-0.1, -0.05) is 78.3 Å². The number of amides is 1. The van der Waals surface area contributed by atoms with Crippen molar-refractivity contribution in [3.63, 3.8) is 0 Å². The molecule has 1 amide bonds. The van der Waals surface area contributed by atoms with Crippen molar-refractivity contribution in [2.45, 2.75) is 25.9 Å². The molecular formula is C23H23ClN2O. The molecular weight excluding hydrogens is 356 g/mol. The van der Waals surface area contributed by atoms with Gasteiger partial charge in [0.25, 0.3) is 0 Å². The highest BCUT2D eigenvalue weighted by Crippen LogP contribution is 2.28. The molecule has 0 spiro atoms. The van der Waals surface area contributed by atoms with Gasteiger partial charge in [-0.15, -0.1) is 0 Å². The van der Waals surface area contributed by atoms with Gasteiger partial charge in [0.2, 0.25) is 5.91 Å². The van der Waals surface area contributed by atoms with E-state index in [-0.39, 0.29) is 18.0 Å². The van der Waals surface area contributed by atoms with Gasteiger partial charge in [0, 0.05) is 22.3 Å². The number of nitrogens with one attached hydrogen (secondary N) is 2. The van der Waals surface area contributed by atoms with Crippen LogP contribution in [0.15, 0.2) is 78.9 Å². The van der Waals surface area contributed by atoms with E-state index >= 15 is 0 Å². The summed E-state index contributed by atoms with van der Waals surface area (Å²) in [5, 5.41) is 7.06. The van der Waals surface area contributed by atoms with Gasteiger partial charge in [0.05, 0.1) is 6.04 Å². The van der Waals surface area contributed by atoms with E-state index in [4.69, 9.17) is 11.6 Å². The predicted octanol–water partition coefficient (Wildman–Crippen LogP) is 5.68. The monoisotopic (exact) mass is 378 g/mol. The zero-order valence-corrected chi connectivity index (χ0v) is 16.2. The minimum Gasteiger partial charge on any atom is -0.324 e. The van der Waals surface area contributed by atoms with E-state index < -0.39 is 0 Å². The van der Waals surface area contributed by atoms with Crippen molar-refractivity contribution in [3.8, 4) is 11.1 Å². The third-order valence-corrected chi connectivity index (χ3v) is 4.88. The van der Waals surface area contributed by atoms with Crippen molar-refractivity contribution < 1.29 is 4.79 Å². The van der Waals surface area contributed by atoms with Crippen LogP contribution in [0, 0.1) is 0 Å². The lowest BCUT2D eigenvalue weighted by Crippen LogP contribution is -2.39. The molecule has 0 saturated heterocycles. The van der Waals surface area contributed by atoms with Gasteiger partial charge in [-0.05, 0) is 37.1 Å². The molecule has 2 N–H and O–H groups in total. The van der Waals surface area contributed by atoms with Crippen molar-refractivity contribution in [2.75, 3.05) is 5.32 Å². The minimum absolute atomic E-state index is 0.0381. The number of hydrogen-bond donors (Lipinski definition) is 2. The number of anilines is 1. The Kier molecular flexibility index (Phi) is 6.28. The third kappa shape index (κ3) is 4.76. The molecule has 138 valence electrons. The summed E-state index contributed by atoms with van der Waals surface area (Å²) in [6.07, 6.45) is 0. The fraction of sp³-hybridized carbons (Fsp3) is 0.174. The van der Waals surface area contributed by atoms with Crippen molar-refractivity contribution in [3.05, 3.63) is 89.4 Å². The summed E-state index contributed by atoms with van der Waals surface area (Å²) < 4.78 is 0. The van der Waals surface area contributed by atoms with Gasteiger partial charge < -0.3 is 5.32 Å². The number of rotatable bonds is 6. The summed E-state index contributed by atoms with van der Waals surface area (Å²) in [7, 11) is 0. The molecule has 0 aliphatic rings. The Balaban J connectivity index is 1.72. The summed E-state index contributed by atoms with van der Waals surface area (Å²) >= 11 is 6.26. The molecule has 0 aromatic heterocycles. The van der Waals surface area contributed by atoms with Crippen LogP contribution in [-0.4, -0.2) is 11.9 Å². The van der Waals surface area contributed by atoms with Crippen LogP contribution >= 0.6 is 11.6 Å². The average molecular weight is 379 g/mol. The van der Waals surface area contributed by atoms with Crippen molar-refractivity contribution in [1.29, 1.82) is 0 Å². The highest BCUT2D eigenvalue weighted by Gasteiger charge is 2.18. The number of benzene rings is 3. The fourth-order valence-corrected chi connectivity index (χ4v) is 3.37. The zero-order valence-electron chi connectivity index (χ0n) is 15.4. The lowest BCUT2D eigenvalue weighted by molar-refractivity contribution is -0.117. The van der Waals surface area contributed by atoms with E-state index in [1.54, 1.807) is 0 Å². The maximum Gasteiger partial charge on any atom is 0.241 e. The van der Waals surface area contributed by atoms with E-state index in [2.05, 4.69) is 10.6 Å². The molecule has 0 aliphatic carbocycles. The Hall–Kier alpha value is -2.62. The molecule has 0 fully saturated rings. The third-order valence-electron chi connectivity index (χ3n) is 4.53. The van der Waals surface area contributed by atoms with E-state index in [0.717, 1.165) is 22.4 Å². The Morgan fingerprint density at radius 1 is 0.852 bits per heavy atom. The first-order valence-corrected chi connectivity index (χ1v) is 9.40. The molecule has 0 bridgehead atoms.